The highest BCUT2D eigenvalue weighted by Gasteiger charge is 2.78. The van der Waals surface area contributed by atoms with E-state index in [1.54, 1.807) is 6.92 Å². The van der Waals surface area contributed by atoms with Crippen molar-refractivity contribution in [2.75, 3.05) is 7.11 Å². The number of benzene rings is 1. The van der Waals surface area contributed by atoms with Gasteiger partial charge < -0.3 is 33.2 Å². The maximum atomic E-state index is 14.7. The SMILES string of the molecule is C=C(C)[C@H]1Cc2oc(cc2C=O)[C@@H](OC(=O)[C@](OC)(c2ccccc2)C(F)(F)F)[C@@](C)(O)C[C@@H]2OC(=O)[C@]3(O[C@@H]23)[C@H](OC(C)=O)C1. The number of epoxide rings is 1. The molecule has 0 amide bonds. The van der Waals surface area contributed by atoms with Crippen molar-refractivity contribution in [1.82, 2.24) is 0 Å². The molecule has 3 aliphatic heterocycles. The molecule has 8 atom stereocenters. The summed E-state index contributed by atoms with van der Waals surface area (Å²) in [5, 5.41) is 11.8. The number of furan rings is 1. The van der Waals surface area contributed by atoms with E-state index in [1.165, 1.54) is 18.2 Å². The number of rotatable bonds is 7. The van der Waals surface area contributed by atoms with Gasteiger partial charge in [0.2, 0.25) is 5.60 Å². The molecule has 1 N–H and O–H groups in total. The second-order valence-corrected chi connectivity index (χ2v) is 12.1. The molecule has 46 heavy (non-hydrogen) atoms. The van der Waals surface area contributed by atoms with Crippen molar-refractivity contribution in [2.24, 2.45) is 5.92 Å². The van der Waals surface area contributed by atoms with Crippen molar-refractivity contribution in [2.45, 2.75) is 87.4 Å². The predicted molar refractivity (Wildman–Crippen MR) is 149 cm³/mol. The van der Waals surface area contributed by atoms with Crippen LogP contribution in [0.2, 0.25) is 0 Å². The average molecular weight is 651 g/mol. The Balaban J connectivity index is 1.63. The topological polar surface area (TPSA) is 151 Å². The molecule has 0 radical (unpaired) electrons. The number of esters is 3. The maximum Gasteiger partial charge on any atom is 0.432 e. The van der Waals surface area contributed by atoms with Crippen LogP contribution in [0, 0.1) is 5.92 Å². The van der Waals surface area contributed by atoms with Crippen LogP contribution in [0.25, 0.3) is 0 Å². The molecule has 14 heteroatoms. The molecule has 11 nitrogen and oxygen atoms in total. The molecule has 1 aromatic carbocycles. The number of halogens is 3. The minimum atomic E-state index is -5.33. The number of carbonyl (C=O) groups excluding carboxylic acids is 4. The molecule has 1 aromatic heterocycles. The Kier molecular flexibility index (Phi) is 8.45. The Bertz CT molecular complexity index is 1550. The quantitative estimate of drug-likeness (QED) is 0.152. The van der Waals surface area contributed by atoms with Gasteiger partial charge in [-0.25, -0.2) is 9.59 Å². The fourth-order valence-electron chi connectivity index (χ4n) is 6.41. The normalized spacial score (nSPS) is 31.9. The monoisotopic (exact) mass is 650 g/mol. The van der Waals surface area contributed by atoms with Crippen molar-refractivity contribution in [3.63, 3.8) is 0 Å². The smallest absolute Gasteiger partial charge is 0.432 e. The van der Waals surface area contributed by atoms with Gasteiger partial charge in [0.15, 0.2) is 12.4 Å². The van der Waals surface area contributed by atoms with Crippen LogP contribution in [0.5, 0.6) is 0 Å². The zero-order valence-corrected chi connectivity index (χ0v) is 25.4. The van der Waals surface area contributed by atoms with Crippen molar-refractivity contribution in [3.05, 3.63) is 71.2 Å². The molecule has 2 fully saturated rings. The van der Waals surface area contributed by atoms with Crippen LogP contribution in [0.4, 0.5) is 13.2 Å². The van der Waals surface area contributed by atoms with E-state index in [4.69, 9.17) is 28.1 Å². The van der Waals surface area contributed by atoms with Gasteiger partial charge >= 0.3 is 24.1 Å². The Hall–Kier alpha value is -4.01. The molecule has 0 saturated carbocycles. The Labute approximate surface area is 261 Å². The molecule has 248 valence electrons. The summed E-state index contributed by atoms with van der Waals surface area (Å²) < 4.78 is 77.4. The van der Waals surface area contributed by atoms with Gasteiger partial charge in [-0.15, -0.1) is 0 Å². The van der Waals surface area contributed by atoms with Crippen molar-refractivity contribution < 1.29 is 65.6 Å². The highest BCUT2D eigenvalue weighted by Crippen LogP contribution is 2.55. The van der Waals surface area contributed by atoms with Crippen LogP contribution < -0.4 is 0 Å². The standard InChI is InChI=1S/C32H33F3O11/c1-16(2)18-11-21-19(15-36)12-22(43-21)25(45-28(39)31(41-5,32(33,34)35)20-9-7-6-8-10-20)29(4,40)14-23-26-30(46-26,27(38)44-23)24(13-18)42-17(3)37/h6-10,12,15,18,23-26,40H,1,11,13-14H2,2-5H3/t18-,23-,24+,25+,26-,29-,30-,31+/m0/s1. The van der Waals surface area contributed by atoms with Gasteiger partial charge in [-0.05, 0) is 32.3 Å². The highest BCUT2D eigenvalue weighted by molar-refractivity contribution is 5.88. The molecule has 4 heterocycles. The lowest BCUT2D eigenvalue weighted by atomic mass is 9.82. The summed E-state index contributed by atoms with van der Waals surface area (Å²) >= 11 is 0. The van der Waals surface area contributed by atoms with Crippen molar-refractivity contribution in [3.8, 4) is 0 Å². The Morgan fingerprint density at radius 1 is 1.15 bits per heavy atom. The Morgan fingerprint density at radius 3 is 2.37 bits per heavy atom. The van der Waals surface area contributed by atoms with Gasteiger partial charge in [0, 0.05) is 32.4 Å². The maximum absolute atomic E-state index is 14.7. The minimum Gasteiger partial charge on any atom is -0.461 e. The van der Waals surface area contributed by atoms with E-state index >= 15 is 0 Å². The Morgan fingerprint density at radius 2 is 1.83 bits per heavy atom. The third-order valence-corrected chi connectivity index (χ3v) is 8.84. The molecular formula is C32H33F3O11. The number of allylic oxidation sites excluding steroid dienone is 1. The third-order valence-electron chi connectivity index (χ3n) is 8.84. The first-order valence-electron chi connectivity index (χ1n) is 14.4. The van der Waals surface area contributed by atoms with E-state index in [1.807, 2.05) is 0 Å². The first-order chi connectivity index (χ1) is 21.5. The number of carbonyl (C=O) groups is 4. The highest BCUT2D eigenvalue weighted by atomic mass is 19.4. The summed E-state index contributed by atoms with van der Waals surface area (Å²) in [4.78, 5) is 51.2. The van der Waals surface area contributed by atoms with Gasteiger partial charge in [-0.1, -0.05) is 42.5 Å². The number of aldehydes is 1. The lowest BCUT2D eigenvalue weighted by Gasteiger charge is -2.37. The fourth-order valence-corrected chi connectivity index (χ4v) is 6.41. The zero-order valence-electron chi connectivity index (χ0n) is 25.4. The van der Waals surface area contributed by atoms with Crippen LogP contribution >= 0.6 is 0 Å². The van der Waals surface area contributed by atoms with E-state index in [9.17, 15) is 37.5 Å². The van der Waals surface area contributed by atoms with Gasteiger partial charge in [-0.3, -0.25) is 9.59 Å². The molecular weight excluding hydrogens is 617 g/mol. The first kappa shape index (κ1) is 33.4. The van der Waals surface area contributed by atoms with Gasteiger partial charge in [-0.2, -0.15) is 13.2 Å². The van der Waals surface area contributed by atoms with Crippen LogP contribution in [-0.4, -0.2) is 72.1 Å². The molecule has 4 bridgehead atoms. The van der Waals surface area contributed by atoms with E-state index in [0.717, 1.165) is 32.0 Å². The van der Waals surface area contributed by atoms with Crippen molar-refractivity contribution in [1.29, 1.82) is 0 Å². The second-order valence-electron chi connectivity index (χ2n) is 12.1. The fraction of sp³-hybridized carbons (Fsp3) is 0.500. The van der Waals surface area contributed by atoms with E-state index in [-0.39, 0.29) is 29.9 Å². The minimum absolute atomic E-state index is 0.00931. The van der Waals surface area contributed by atoms with Gasteiger partial charge in [0.25, 0.3) is 5.60 Å². The summed E-state index contributed by atoms with van der Waals surface area (Å²) in [6, 6.07) is 7.24. The van der Waals surface area contributed by atoms with Crippen LogP contribution in [-0.2, 0) is 50.1 Å². The zero-order chi connectivity index (χ0) is 33.8. The summed E-state index contributed by atoms with van der Waals surface area (Å²) in [6.45, 7) is 7.97. The number of alkyl halides is 3. The molecule has 0 aliphatic carbocycles. The molecule has 0 spiro atoms. The third kappa shape index (κ3) is 5.41. The van der Waals surface area contributed by atoms with Crippen molar-refractivity contribution >= 4 is 24.2 Å². The summed E-state index contributed by atoms with van der Waals surface area (Å²) in [6.07, 6.45) is -10.8. The lowest BCUT2D eigenvalue weighted by molar-refractivity contribution is -0.282. The van der Waals surface area contributed by atoms with E-state index in [2.05, 4.69) is 6.58 Å². The average Bonchev–Trinajstić information content (AvgIpc) is 3.52. The van der Waals surface area contributed by atoms with Crippen LogP contribution in [0.1, 0.15) is 67.2 Å². The van der Waals surface area contributed by atoms with Crippen LogP contribution in [0.3, 0.4) is 0 Å². The molecule has 3 aliphatic rings. The predicted octanol–water partition coefficient (Wildman–Crippen LogP) is 4.05. The molecule has 2 aromatic rings. The second kappa shape index (κ2) is 11.7. The largest absolute Gasteiger partial charge is 0.461 e. The number of methoxy groups -OCH3 is 1. The molecule has 2 saturated heterocycles. The number of aliphatic hydroxyl groups is 1. The molecule has 5 rings (SSSR count). The number of ether oxygens (including phenoxy) is 5. The van der Waals surface area contributed by atoms with E-state index < -0.39 is 83.2 Å². The number of hydrogen-bond acceptors (Lipinski definition) is 11. The molecule has 0 unspecified atom stereocenters. The van der Waals surface area contributed by atoms with Gasteiger partial charge in [0.1, 0.15) is 35.4 Å². The summed E-state index contributed by atoms with van der Waals surface area (Å²) in [5.74, 6) is -4.37. The van der Waals surface area contributed by atoms with Crippen LogP contribution in [0.15, 0.2) is 53.0 Å². The summed E-state index contributed by atoms with van der Waals surface area (Å²) in [7, 11) is 0.694. The number of hydrogen-bond donors (Lipinski definition) is 1. The van der Waals surface area contributed by atoms with E-state index in [0.29, 0.717) is 19.0 Å². The number of fused-ring (bicyclic) bond motifs is 2. The lowest BCUT2D eigenvalue weighted by Crippen LogP contribution is -2.53. The summed E-state index contributed by atoms with van der Waals surface area (Å²) in [5.41, 5.74) is -7.69. The van der Waals surface area contributed by atoms with Gasteiger partial charge in [0.05, 0.1) is 5.56 Å². The first-order valence-corrected chi connectivity index (χ1v) is 14.4.